The van der Waals surface area contributed by atoms with Gasteiger partial charge in [0.2, 0.25) is 0 Å². The number of benzene rings is 2. The van der Waals surface area contributed by atoms with Gasteiger partial charge in [-0.1, -0.05) is 24.3 Å². The van der Waals surface area contributed by atoms with Crippen LogP contribution >= 0.6 is 0 Å². The summed E-state index contributed by atoms with van der Waals surface area (Å²) in [5.74, 6) is -0.869. The first kappa shape index (κ1) is 16.6. The fraction of sp³-hybridized carbons (Fsp3) is 0.105. The molecule has 1 fully saturated rings. The van der Waals surface area contributed by atoms with Gasteiger partial charge in [0.1, 0.15) is 11.2 Å². The SMILES string of the molecule is CC1(c2cccc(NC(=O)c3cnc4ccccc4n3)c2)NC(=O)NC1=O. The van der Waals surface area contributed by atoms with Crippen molar-refractivity contribution in [2.45, 2.75) is 12.5 Å². The zero-order valence-corrected chi connectivity index (χ0v) is 14.3. The Labute approximate surface area is 154 Å². The van der Waals surface area contributed by atoms with Crippen molar-refractivity contribution in [1.82, 2.24) is 20.6 Å². The molecule has 1 saturated heterocycles. The summed E-state index contributed by atoms with van der Waals surface area (Å²) in [4.78, 5) is 44.6. The third-order valence-electron chi connectivity index (χ3n) is 4.42. The number of rotatable bonds is 3. The summed E-state index contributed by atoms with van der Waals surface area (Å²) in [5, 5.41) is 7.55. The largest absolute Gasteiger partial charge is 0.322 e. The smallest absolute Gasteiger partial charge is 0.321 e. The van der Waals surface area contributed by atoms with Crippen molar-refractivity contribution in [3.63, 3.8) is 0 Å². The minimum Gasteiger partial charge on any atom is -0.321 e. The highest BCUT2D eigenvalue weighted by atomic mass is 16.2. The molecule has 1 aromatic heterocycles. The number of anilines is 1. The number of carbonyl (C=O) groups is 3. The molecule has 0 saturated carbocycles. The van der Waals surface area contributed by atoms with Gasteiger partial charge in [-0.25, -0.2) is 9.78 Å². The van der Waals surface area contributed by atoms with E-state index in [9.17, 15) is 14.4 Å². The van der Waals surface area contributed by atoms with E-state index in [1.165, 1.54) is 6.20 Å². The highest BCUT2D eigenvalue weighted by Gasteiger charge is 2.43. The molecule has 2 heterocycles. The first-order valence-corrected chi connectivity index (χ1v) is 8.23. The van der Waals surface area contributed by atoms with Crippen LogP contribution in [0.5, 0.6) is 0 Å². The normalized spacial score (nSPS) is 18.9. The van der Waals surface area contributed by atoms with Crippen LogP contribution in [0.3, 0.4) is 0 Å². The average molecular weight is 361 g/mol. The van der Waals surface area contributed by atoms with E-state index in [0.717, 1.165) is 0 Å². The quantitative estimate of drug-likeness (QED) is 0.617. The number of para-hydroxylation sites is 2. The Morgan fingerprint density at radius 1 is 1.07 bits per heavy atom. The lowest BCUT2D eigenvalue weighted by Crippen LogP contribution is -2.40. The van der Waals surface area contributed by atoms with Crippen LogP contribution in [-0.4, -0.2) is 27.8 Å². The van der Waals surface area contributed by atoms with Crippen LogP contribution in [0.15, 0.2) is 54.7 Å². The van der Waals surface area contributed by atoms with Crippen molar-refractivity contribution in [3.8, 4) is 0 Å². The van der Waals surface area contributed by atoms with Crippen LogP contribution < -0.4 is 16.0 Å². The molecule has 1 atom stereocenters. The third kappa shape index (κ3) is 2.97. The number of carbonyl (C=O) groups excluding carboxylic acids is 3. The molecule has 0 radical (unpaired) electrons. The maximum absolute atomic E-state index is 12.5. The molecule has 0 aliphatic carbocycles. The Morgan fingerprint density at radius 3 is 2.59 bits per heavy atom. The number of hydrogen-bond acceptors (Lipinski definition) is 5. The van der Waals surface area contributed by atoms with E-state index in [-0.39, 0.29) is 5.69 Å². The lowest BCUT2D eigenvalue weighted by atomic mass is 9.92. The van der Waals surface area contributed by atoms with Gasteiger partial charge >= 0.3 is 6.03 Å². The van der Waals surface area contributed by atoms with Crippen molar-refractivity contribution in [2.24, 2.45) is 0 Å². The van der Waals surface area contributed by atoms with Gasteiger partial charge in [0.15, 0.2) is 0 Å². The predicted molar refractivity (Wildman–Crippen MR) is 98.0 cm³/mol. The van der Waals surface area contributed by atoms with Crippen molar-refractivity contribution >= 4 is 34.6 Å². The number of urea groups is 1. The lowest BCUT2D eigenvalue weighted by Gasteiger charge is -2.21. The van der Waals surface area contributed by atoms with Crippen LogP contribution in [0.2, 0.25) is 0 Å². The molecule has 1 aliphatic heterocycles. The molecule has 8 nitrogen and oxygen atoms in total. The summed E-state index contributed by atoms with van der Waals surface area (Å²) in [6.07, 6.45) is 1.41. The summed E-state index contributed by atoms with van der Waals surface area (Å²) < 4.78 is 0. The molecule has 4 rings (SSSR count). The van der Waals surface area contributed by atoms with E-state index in [2.05, 4.69) is 25.9 Å². The van der Waals surface area contributed by atoms with Crippen LogP contribution in [0.1, 0.15) is 23.0 Å². The second kappa shape index (κ2) is 6.17. The Morgan fingerprint density at radius 2 is 1.85 bits per heavy atom. The lowest BCUT2D eigenvalue weighted by molar-refractivity contribution is -0.123. The van der Waals surface area contributed by atoms with Gasteiger partial charge in [0, 0.05) is 5.69 Å². The van der Waals surface area contributed by atoms with Gasteiger partial charge in [-0.15, -0.1) is 0 Å². The first-order valence-electron chi connectivity index (χ1n) is 8.23. The molecule has 2 aromatic carbocycles. The second-order valence-corrected chi connectivity index (χ2v) is 6.31. The monoisotopic (exact) mass is 361 g/mol. The van der Waals surface area contributed by atoms with E-state index < -0.39 is 23.4 Å². The molecule has 3 aromatic rings. The van der Waals surface area contributed by atoms with Gasteiger partial charge in [-0.05, 0) is 36.8 Å². The Bertz CT molecular complexity index is 1100. The molecular weight excluding hydrogens is 346 g/mol. The number of amides is 4. The molecule has 4 amide bonds. The summed E-state index contributed by atoms with van der Waals surface area (Å²) >= 11 is 0. The molecular formula is C19H15N5O3. The summed E-state index contributed by atoms with van der Waals surface area (Å²) in [5.41, 5.74) is 1.33. The van der Waals surface area contributed by atoms with Gasteiger partial charge < -0.3 is 10.6 Å². The van der Waals surface area contributed by atoms with Crippen LogP contribution in [0.25, 0.3) is 11.0 Å². The molecule has 0 bridgehead atoms. The zero-order valence-electron chi connectivity index (χ0n) is 14.3. The van der Waals surface area contributed by atoms with Crippen molar-refractivity contribution in [1.29, 1.82) is 0 Å². The van der Waals surface area contributed by atoms with Crippen molar-refractivity contribution in [2.75, 3.05) is 5.32 Å². The number of fused-ring (bicyclic) bond motifs is 1. The van der Waals surface area contributed by atoms with Gasteiger partial charge in [0.25, 0.3) is 11.8 Å². The number of hydrogen-bond donors (Lipinski definition) is 3. The van der Waals surface area contributed by atoms with Crippen LogP contribution in [0, 0.1) is 0 Å². The third-order valence-corrected chi connectivity index (χ3v) is 4.42. The number of nitrogens with one attached hydrogen (secondary N) is 3. The highest BCUT2D eigenvalue weighted by molar-refractivity contribution is 6.07. The van der Waals surface area contributed by atoms with E-state index in [1.807, 2.05) is 18.2 Å². The van der Waals surface area contributed by atoms with Crippen molar-refractivity contribution in [3.05, 3.63) is 66.0 Å². The number of aromatic nitrogens is 2. The van der Waals surface area contributed by atoms with Gasteiger partial charge in [0.05, 0.1) is 17.2 Å². The maximum Gasteiger partial charge on any atom is 0.322 e. The van der Waals surface area contributed by atoms with E-state index in [4.69, 9.17) is 0 Å². The molecule has 1 aliphatic rings. The summed E-state index contributed by atoms with van der Waals surface area (Å²) in [7, 11) is 0. The van der Waals surface area contributed by atoms with Crippen molar-refractivity contribution < 1.29 is 14.4 Å². The number of imide groups is 1. The molecule has 27 heavy (non-hydrogen) atoms. The minimum atomic E-state index is -1.19. The summed E-state index contributed by atoms with van der Waals surface area (Å²) in [6.45, 7) is 1.60. The average Bonchev–Trinajstić information content (AvgIpc) is 2.94. The second-order valence-electron chi connectivity index (χ2n) is 6.31. The zero-order chi connectivity index (χ0) is 19.0. The fourth-order valence-corrected chi connectivity index (χ4v) is 2.92. The molecule has 3 N–H and O–H groups in total. The molecule has 8 heteroatoms. The first-order chi connectivity index (χ1) is 13.0. The van der Waals surface area contributed by atoms with E-state index in [1.54, 1.807) is 37.3 Å². The van der Waals surface area contributed by atoms with Gasteiger partial charge in [-0.3, -0.25) is 19.9 Å². The Kier molecular flexibility index (Phi) is 3.80. The highest BCUT2D eigenvalue weighted by Crippen LogP contribution is 2.26. The Hall–Kier alpha value is -3.81. The standard InChI is InChI=1S/C19H15N5O3/c1-19(17(26)23-18(27)24-19)11-5-4-6-12(9-11)21-16(25)15-10-20-13-7-2-3-8-14(13)22-15/h2-10H,1H3,(H,21,25)(H2,23,24,26,27). The van der Waals surface area contributed by atoms with Crippen LogP contribution in [-0.2, 0) is 10.3 Å². The topological polar surface area (TPSA) is 113 Å². The van der Waals surface area contributed by atoms with E-state index in [0.29, 0.717) is 22.3 Å². The molecule has 1 unspecified atom stereocenters. The predicted octanol–water partition coefficient (Wildman–Crippen LogP) is 1.94. The van der Waals surface area contributed by atoms with Crippen LogP contribution in [0.4, 0.5) is 10.5 Å². The number of nitrogens with zero attached hydrogens (tertiary/aromatic N) is 2. The fourth-order valence-electron chi connectivity index (χ4n) is 2.92. The Balaban J connectivity index is 1.60. The maximum atomic E-state index is 12.5. The summed E-state index contributed by atoms with van der Waals surface area (Å²) in [6, 6.07) is 13.4. The van der Waals surface area contributed by atoms with Gasteiger partial charge in [-0.2, -0.15) is 0 Å². The molecule has 134 valence electrons. The molecule has 0 spiro atoms. The minimum absolute atomic E-state index is 0.178. The van der Waals surface area contributed by atoms with E-state index >= 15 is 0 Å².